The van der Waals surface area contributed by atoms with Gasteiger partial charge in [0.2, 0.25) is 0 Å². The van der Waals surface area contributed by atoms with Gasteiger partial charge in [-0.3, -0.25) is 9.59 Å². The molecule has 5 heteroatoms. The number of aliphatic hydroxyl groups excluding tert-OH is 2. The summed E-state index contributed by atoms with van der Waals surface area (Å²) in [5.74, 6) is -0.628. The monoisotopic (exact) mass is 442 g/mol. The smallest absolute Gasteiger partial charge is 0.305 e. The van der Waals surface area contributed by atoms with Crippen LogP contribution in [-0.2, 0) is 20.7 Å². The number of Topliss-reactive ketones (excluding diaryl/α,β-unsaturated/α-hetero) is 1. The SMILES string of the molecule is CCCCOC(=O)CCC/C=C\CC1C(=O)CC(O)C1/C=C/C(O)CCc1ccccc1. The van der Waals surface area contributed by atoms with Crippen molar-refractivity contribution >= 4 is 11.8 Å². The van der Waals surface area contributed by atoms with Crippen LogP contribution < -0.4 is 0 Å². The first kappa shape index (κ1) is 26.0. The first-order valence-electron chi connectivity index (χ1n) is 11.9. The molecule has 32 heavy (non-hydrogen) atoms. The van der Waals surface area contributed by atoms with Crippen molar-refractivity contribution in [3.63, 3.8) is 0 Å². The van der Waals surface area contributed by atoms with Crippen molar-refractivity contribution in [1.82, 2.24) is 0 Å². The maximum Gasteiger partial charge on any atom is 0.305 e. The highest BCUT2D eigenvalue weighted by molar-refractivity contribution is 5.84. The minimum absolute atomic E-state index is 0.0649. The lowest BCUT2D eigenvalue weighted by molar-refractivity contribution is -0.143. The maximum atomic E-state index is 12.3. The van der Waals surface area contributed by atoms with Gasteiger partial charge >= 0.3 is 5.97 Å². The minimum Gasteiger partial charge on any atom is -0.466 e. The van der Waals surface area contributed by atoms with Crippen molar-refractivity contribution in [1.29, 1.82) is 0 Å². The third-order valence-electron chi connectivity index (χ3n) is 5.93. The number of hydrogen-bond acceptors (Lipinski definition) is 5. The normalized spacial score (nSPS) is 22.1. The molecule has 1 aromatic carbocycles. The van der Waals surface area contributed by atoms with Crippen molar-refractivity contribution in [2.24, 2.45) is 11.8 Å². The summed E-state index contributed by atoms with van der Waals surface area (Å²) in [6.45, 7) is 2.55. The lowest BCUT2D eigenvalue weighted by Gasteiger charge is -2.16. The van der Waals surface area contributed by atoms with Gasteiger partial charge in [-0.15, -0.1) is 0 Å². The zero-order valence-corrected chi connectivity index (χ0v) is 19.2. The average molecular weight is 443 g/mol. The predicted octanol–water partition coefficient (Wildman–Crippen LogP) is 4.56. The topological polar surface area (TPSA) is 83.8 Å². The molecule has 0 bridgehead atoms. The Morgan fingerprint density at radius 1 is 1.22 bits per heavy atom. The Morgan fingerprint density at radius 2 is 2.00 bits per heavy atom. The van der Waals surface area contributed by atoms with Crippen LogP contribution in [0.5, 0.6) is 0 Å². The Hall–Kier alpha value is -2.24. The molecule has 0 saturated heterocycles. The first-order chi connectivity index (χ1) is 15.5. The van der Waals surface area contributed by atoms with Gasteiger partial charge in [0.15, 0.2) is 0 Å². The molecule has 2 rings (SSSR count). The Bertz CT molecular complexity index is 740. The standard InChI is InChI=1S/C27H38O5/c1-2-3-19-32-27(31)14-10-5-4-9-13-23-24(26(30)20-25(23)29)18-17-22(28)16-15-21-11-7-6-8-12-21/h4,6-9,11-12,17-18,22-24,26,28,30H,2-3,5,10,13-16,19-20H2,1H3/b9-4-,18-17+. The Labute approximate surface area is 192 Å². The molecule has 1 aliphatic carbocycles. The lowest BCUT2D eigenvalue weighted by Crippen LogP contribution is -2.19. The molecule has 4 unspecified atom stereocenters. The van der Waals surface area contributed by atoms with Gasteiger partial charge in [0.25, 0.3) is 0 Å². The van der Waals surface area contributed by atoms with Crippen molar-refractivity contribution < 1.29 is 24.5 Å². The maximum absolute atomic E-state index is 12.3. The second-order valence-corrected chi connectivity index (χ2v) is 8.57. The van der Waals surface area contributed by atoms with Crippen LogP contribution in [0, 0.1) is 11.8 Å². The molecule has 4 atom stereocenters. The van der Waals surface area contributed by atoms with Crippen molar-refractivity contribution in [2.45, 2.75) is 76.9 Å². The van der Waals surface area contributed by atoms with Crippen LogP contribution in [0.4, 0.5) is 0 Å². The van der Waals surface area contributed by atoms with Gasteiger partial charge in [-0.2, -0.15) is 0 Å². The second-order valence-electron chi connectivity index (χ2n) is 8.57. The van der Waals surface area contributed by atoms with Crippen LogP contribution >= 0.6 is 0 Å². The van der Waals surface area contributed by atoms with Crippen LogP contribution in [0.25, 0.3) is 0 Å². The lowest BCUT2D eigenvalue weighted by atomic mass is 9.90. The van der Waals surface area contributed by atoms with E-state index in [1.807, 2.05) is 48.6 Å². The van der Waals surface area contributed by atoms with E-state index in [1.165, 1.54) is 5.56 Å². The number of aryl methyl sites for hydroxylation is 1. The number of rotatable bonds is 14. The van der Waals surface area contributed by atoms with Gasteiger partial charge in [0.05, 0.1) is 18.8 Å². The number of esters is 1. The Balaban J connectivity index is 1.73. The summed E-state index contributed by atoms with van der Waals surface area (Å²) in [7, 11) is 0. The van der Waals surface area contributed by atoms with Gasteiger partial charge in [-0.05, 0) is 44.1 Å². The molecular formula is C27H38O5. The molecule has 0 radical (unpaired) electrons. The quantitative estimate of drug-likeness (QED) is 0.251. The fourth-order valence-electron chi connectivity index (χ4n) is 3.97. The largest absolute Gasteiger partial charge is 0.466 e. The highest BCUT2D eigenvalue weighted by Gasteiger charge is 2.39. The number of hydrogen-bond donors (Lipinski definition) is 2. The zero-order chi connectivity index (χ0) is 23.2. The number of allylic oxidation sites excluding steroid dienone is 2. The molecule has 1 fully saturated rings. The number of aliphatic hydroxyl groups is 2. The van der Waals surface area contributed by atoms with Gasteiger partial charge in [-0.25, -0.2) is 0 Å². The van der Waals surface area contributed by atoms with Gasteiger partial charge in [0, 0.05) is 24.7 Å². The Morgan fingerprint density at radius 3 is 2.75 bits per heavy atom. The van der Waals surface area contributed by atoms with E-state index in [2.05, 4.69) is 6.92 Å². The predicted molar refractivity (Wildman–Crippen MR) is 126 cm³/mol. The van der Waals surface area contributed by atoms with E-state index in [0.717, 1.165) is 32.1 Å². The molecule has 0 amide bonds. The third kappa shape index (κ3) is 9.49. The molecule has 1 saturated carbocycles. The summed E-state index contributed by atoms with van der Waals surface area (Å²) in [6, 6.07) is 10.0. The molecular weight excluding hydrogens is 404 g/mol. The van der Waals surface area contributed by atoms with E-state index >= 15 is 0 Å². The van der Waals surface area contributed by atoms with E-state index in [9.17, 15) is 19.8 Å². The Kier molecular flexibility index (Phi) is 12.0. The summed E-state index contributed by atoms with van der Waals surface area (Å²) < 4.78 is 5.14. The van der Waals surface area contributed by atoms with Crippen LogP contribution in [0.2, 0.25) is 0 Å². The molecule has 176 valence electrons. The van der Waals surface area contributed by atoms with Crippen LogP contribution in [0.3, 0.4) is 0 Å². The molecule has 0 spiro atoms. The van der Waals surface area contributed by atoms with E-state index in [0.29, 0.717) is 25.9 Å². The number of unbranched alkanes of at least 4 members (excludes halogenated alkanes) is 2. The number of carbonyl (C=O) groups excluding carboxylic acids is 2. The summed E-state index contributed by atoms with van der Waals surface area (Å²) in [5, 5.41) is 20.6. The van der Waals surface area contributed by atoms with Crippen LogP contribution in [-0.4, -0.2) is 40.8 Å². The molecule has 0 heterocycles. The van der Waals surface area contributed by atoms with E-state index in [4.69, 9.17) is 4.74 Å². The summed E-state index contributed by atoms with van der Waals surface area (Å²) in [6.07, 6.45) is 12.1. The van der Waals surface area contributed by atoms with E-state index in [1.54, 1.807) is 6.08 Å². The number of carbonyl (C=O) groups is 2. The third-order valence-corrected chi connectivity index (χ3v) is 5.93. The fourth-order valence-corrected chi connectivity index (χ4v) is 3.97. The van der Waals surface area contributed by atoms with Gasteiger partial charge in [-0.1, -0.05) is 68.0 Å². The zero-order valence-electron chi connectivity index (χ0n) is 19.2. The summed E-state index contributed by atoms with van der Waals surface area (Å²) in [4.78, 5) is 23.9. The molecule has 0 aromatic heterocycles. The fraction of sp³-hybridized carbons (Fsp3) is 0.556. The summed E-state index contributed by atoms with van der Waals surface area (Å²) >= 11 is 0. The number of benzene rings is 1. The highest BCUT2D eigenvalue weighted by atomic mass is 16.5. The minimum atomic E-state index is -0.698. The molecule has 1 aliphatic rings. The van der Waals surface area contributed by atoms with E-state index in [-0.39, 0.29) is 30.0 Å². The average Bonchev–Trinajstić information content (AvgIpc) is 3.06. The number of ether oxygens (including phenoxy) is 1. The van der Waals surface area contributed by atoms with Crippen LogP contribution in [0.1, 0.15) is 63.9 Å². The molecule has 0 aliphatic heterocycles. The van der Waals surface area contributed by atoms with Gasteiger partial charge in [0.1, 0.15) is 5.78 Å². The van der Waals surface area contributed by atoms with Crippen molar-refractivity contribution in [2.75, 3.05) is 6.61 Å². The second kappa shape index (κ2) is 14.8. The van der Waals surface area contributed by atoms with E-state index < -0.39 is 12.2 Å². The first-order valence-corrected chi connectivity index (χ1v) is 11.9. The van der Waals surface area contributed by atoms with Gasteiger partial charge < -0.3 is 14.9 Å². The molecule has 2 N–H and O–H groups in total. The molecule has 1 aromatic rings. The van der Waals surface area contributed by atoms with Crippen molar-refractivity contribution in [3.8, 4) is 0 Å². The highest BCUT2D eigenvalue weighted by Crippen LogP contribution is 2.33. The van der Waals surface area contributed by atoms with Crippen LogP contribution in [0.15, 0.2) is 54.6 Å². The van der Waals surface area contributed by atoms with Crippen molar-refractivity contribution in [3.05, 3.63) is 60.2 Å². The number of ketones is 1. The summed E-state index contributed by atoms with van der Waals surface area (Å²) in [5.41, 5.74) is 1.17. The molecule has 5 nitrogen and oxygen atoms in total.